The average molecular weight is 349 g/mol. The van der Waals surface area contributed by atoms with Gasteiger partial charge < -0.3 is 4.90 Å². The van der Waals surface area contributed by atoms with Gasteiger partial charge >= 0.3 is 6.18 Å². The quantitative estimate of drug-likeness (QED) is 0.835. The lowest BCUT2D eigenvalue weighted by Crippen LogP contribution is -2.35. The van der Waals surface area contributed by atoms with E-state index in [0.717, 1.165) is 37.8 Å². The molecule has 132 valence electrons. The first-order valence-corrected chi connectivity index (χ1v) is 8.13. The number of carbonyl (C=O) groups excluding carboxylic acids is 1. The van der Waals surface area contributed by atoms with Crippen LogP contribution in [0.5, 0.6) is 0 Å². The third-order valence-corrected chi connectivity index (χ3v) is 4.55. The number of hydrogen-bond donors (Lipinski definition) is 0. The molecule has 1 heterocycles. The summed E-state index contributed by atoms with van der Waals surface area (Å²) in [5.41, 5.74) is 0.335. The topological polar surface area (TPSA) is 46.1 Å². The van der Waals surface area contributed by atoms with Crippen LogP contribution < -0.4 is 0 Å². The highest BCUT2D eigenvalue weighted by Gasteiger charge is 2.30. The third kappa shape index (κ3) is 3.81. The minimum atomic E-state index is -4.38. The lowest BCUT2D eigenvalue weighted by atomic mass is 10.1. The molecule has 0 spiro atoms. The molecule has 0 N–H and O–H groups in total. The van der Waals surface area contributed by atoms with Gasteiger partial charge in [0.25, 0.3) is 5.91 Å². The van der Waals surface area contributed by atoms with Gasteiger partial charge in [-0.25, -0.2) is 4.98 Å². The van der Waals surface area contributed by atoms with E-state index in [-0.39, 0.29) is 17.6 Å². The molecule has 7 heteroatoms. The summed E-state index contributed by atoms with van der Waals surface area (Å²) in [4.78, 5) is 22.6. The van der Waals surface area contributed by atoms with E-state index in [2.05, 4.69) is 9.97 Å². The number of alkyl halides is 3. The summed E-state index contributed by atoms with van der Waals surface area (Å²) < 4.78 is 38.0. The fourth-order valence-electron chi connectivity index (χ4n) is 3.08. The van der Waals surface area contributed by atoms with Crippen LogP contribution in [-0.4, -0.2) is 33.9 Å². The molecule has 2 aromatic rings. The number of aromatic nitrogens is 2. The number of hydrogen-bond acceptors (Lipinski definition) is 3. The molecule has 0 radical (unpaired) electrons. The molecule has 1 aliphatic carbocycles. The molecule has 1 aromatic heterocycles. The molecule has 1 aliphatic rings. The lowest BCUT2D eigenvalue weighted by molar-refractivity contribution is -0.137. The van der Waals surface area contributed by atoms with Crippen LogP contribution >= 0.6 is 0 Å². The number of rotatable bonds is 3. The van der Waals surface area contributed by atoms with E-state index in [1.807, 2.05) is 0 Å². The van der Waals surface area contributed by atoms with Crippen molar-refractivity contribution in [3.8, 4) is 11.3 Å². The summed E-state index contributed by atoms with van der Waals surface area (Å²) >= 11 is 0. The Hall–Kier alpha value is -2.44. The molecule has 4 nitrogen and oxygen atoms in total. The van der Waals surface area contributed by atoms with E-state index in [0.29, 0.717) is 11.3 Å². The van der Waals surface area contributed by atoms with Crippen molar-refractivity contribution < 1.29 is 18.0 Å². The minimum Gasteiger partial charge on any atom is -0.337 e. The summed E-state index contributed by atoms with van der Waals surface area (Å²) in [7, 11) is 1.75. The van der Waals surface area contributed by atoms with Gasteiger partial charge in [-0.15, -0.1) is 0 Å². The summed E-state index contributed by atoms with van der Waals surface area (Å²) in [6.45, 7) is 0. The van der Waals surface area contributed by atoms with Crippen molar-refractivity contribution in [1.82, 2.24) is 14.9 Å². The maximum Gasteiger partial charge on any atom is 0.416 e. The van der Waals surface area contributed by atoms with Crippen molar-refractivity contribution >= 4 is 5.91 Å². The summed E-state index contributed by atoms with van der Waals surface area (Å²) in [6.07, 6.45) is 2.63. The first-order chi connectivity index (χ1) is 11.9. The summed E-state index contributed by atoms with van der Waals surface area (Å²) in [6, 6.07) is 4.87. The van der Waals surface area contributed by atoms with Gasteiger partial charge in [0.05, 0.1) is 23.7 Å². The van der Waals surface area contributed by atoms with Crippen LogP contribution in [0.2, 0.25) is 0 Å². The molecule has 0 atom stereocenters. The van der Waals surface area contributed by atoms with E-state index in [9.17, 15) is 18.0 Å². The Bertz CT molecular complexity index is 753. The molecule has 1 aromatic carbocycles. The highest BCUT2D eigenvalue weighted by molar-refractivity contribution is 5.92. The van der Waals surface area contributed by atoms with Gasteiger partial charge in [-0.1, -0.05) is 25.0 Å². The van der Waals surface area contributed by atoms with E-state index in [4.69, 9.17) is 0 Å². The van der Waals surface area contributed by atoms with Gasteiger partial charge in [-0.3, -0.25) is 9.78 Å². The number of carbonyl (C=O) groups is 1. The Labute approximate surface area is 143 Å². The van der Waals surface area contributed by atoms with Gasteiger partial charge in [-0.05, 0) is 25.0 Å². The Morgan fingerprint density at radius 3 is 2.36 bits per heavy atom. The van der Waals surface area contributed by atoms with Crippen LogP contribution in [0, 0.1) is 0 Å². The molecular formula is C18H18F3N3O. The zero-order valence-electron chi connectivity index (χ0n) is 13.8. The Kier molecular flexibility index (Phi) is 4.74. The predicted octanol–water partition coefficient (Wildman–Crippen LogP) is 4.18. The minimum absolute atomic E-state index is 0.201. The highest BCUT2D eigenvalue weighted by atomic mass is 19.4. The number of nitrogens with zero attached hydrogens (tertiary/aromatic N) is 3. The molecule has 1 amide bonds. The molecule has 0 unspecified atom stereocenters. The molecule has 3 rings (SSSR count). The number of benzene rings is 1. The molecule has 1 fully saturated rings. The Balaban J connectivity index is 1.82. The van der Waals surface area contributed by atoms with Crippen LogP contribution in [0.4, 0.5) is 13.2 Å². The zero-order chi connectivity index (χ0) is 18.0. The smallest absolute Gasteiger partial charge is 0.337 e. The summed E-state index contributed by atoms with van der Waals surface area (Å²) in [5, 5.41) is 0. The van der Waals surface area contributed by atoms with Gasteiger partial charge in [-0.2, -0.15) is 13.2 Å². The van der Waals surface area contributed by atoms with E-state index >= 15 is 0 Å². The van der Waals surface area contributed by atoms with Gasteiger partial charge in [0.15, 0.2) is 0 Å². The molecular weight excluding hydrogens is 331 g/mol. The van der Waals surface area contributed by atoms with Gasteiger partial charge in [0, 0.05) is 18.7 Å². The first-order valence-electron chi connectivity index (χ1n) is 8.13. The van der Waals surface area contributed by atoms with Gasteiger partial charge in [0.1, 0.15) is 5.69 Å². The van der Waals surface area contributed by atoms with Crippen molar-refractivity contribution in [3.05, 3.63) is 47.9 Å². The molecule has 0 aliphatic heterocycles. The van der Waals surface area contributed by atoms with Crippen LogP contribution in [0.1, 0.15) is 41.7 Å². The second-order valence-corrected chi connectivity index (χ2v) is 6.22. The van der Waals surface area contributed by atoms with Crippen LogP contribution in [0.3, 0.4) is 0 Å². The average Bonchev–Trinajstić information content (AvgIpc) is 3.14. The molecule has 0 saturated heterocycles. The van der Waals surface area contributed by atoms with Gasteiger partial charge in [0.2, 0.25) is 0 Å². The standard InChI is InChI=1S/C18H18F3N3O/c1-24(14-4-2-3-5-14)17(25)16-11-22-10-15(23-16)12-6-8-13(9-7-12)18(19,20)21/h6-11,14H,2-5H2,1H3. The summed E-state index contributed by atoms with van der Waals surface area (Å²) in [5.74, 6) is -0.215. The largest absolute Gasteiger partial charge is 0.416 e. The third-order valence-electron chi connectivity index (χ3n) is 4.55. The van der Waals surface area contributed by atoms with Crippen molar-refractivity contribution in [3.63, 3.8) is 0 Å². The maximum absolute atomic E-state index is 12.7. The van der Waals surface area contributed by atoms with Crippen molar-refractivity contribution in [2.45, 2.75) is 37.9 Å². The van der Waals surface area contributed by atoms with Crippen LogP contribution in [-0.2, 0) is 6.18 Å². The Morgan fingerprint density at radius 1 is 1.12 bits per heavy atom. The fourth-order valence-corrected chi connectivity index (χ4v) is 3.08. The van der Waals surface area contributed by atoms with Crippen molar-refractivity contribution in [1.29, 1.82) is 0 Å². The van der Waals surface area contributed by atoms with E-state index in [1.54, 1.807) is 11.9 Å². The first kappa shape index (κ1) is 17.4. The normalized spacial score (nSPS) is 15.4. The van der Waals surface area contributed by atoms with Crippen molar-refractivity contribution in [2.24, 2.45) is 0 Å². The SMILES string of the molecule is CN(C(=O)c1cncc(-c2ccc(C(F)(F)F)cc2)n1)C1CCCC1. The second kappa shape index (κ2) is 6.82. The fraction of sp³-hybridized carbons (Fsp3) is 0.389. The predicted molar refractivity (Wildman–Crippen MR) is 86.8 cm³/mol. The number of halogens is 3. The lowest BCUT2D eigenvalue weighted by Gasteiger charge is -2.23. The molecule has 0 bridgehead atoms. The van der Waals surface area contributed by atoms with Crippen LogP contribution in [0.25, 0.3) is 11.3 Å². The van der Waals surface area contributed by atoms with E-state index in [1.165, 1.54) is 24.5 Å². The molecule has 1 saturated carbocycles. The zero-order valence-corrected chi connectivity index (χ0v) is 13.8. The van der Waals surface area contributed by atoms with Crippen LogP contribution in [0.15, 0.2) is 36.7 Å². The monoisotopic (exact) mass is 349 g/mol. The number of amides is 1. The highest BCUT2D eigenvalue weighted by Crippen LogP contribution is 2.30. The van der Waals surface area contributed by atoms with Crippen molar-refractivity contribution in [2.75, 3.05) is 7.05 Å². The second-order valence-electron chi connectivity index (χ2n) is 6.22. The van der Waals surface area contributed by atoms with E-state index < -0.39 is 11.7 Å². The maximum atomic E-state index is 12.7. The Morgan fingerprint density at radius 2 is 1.76 bits per heavy atom. The molecule has 25 heavy (non-hydrogen) atoms.